The van der Waals surface area contributed by atoms with Gasteiger partial charge in [0, 0.05) is 44.3 Å². The molecule has 0 unspecified atom stereocenters. The number of halogens is 2. The molecule has 1 saturated heterocycles. The van der Waals surface area contributed by atoms with Crippen LogP contribution < -0.4 is 15.6 Å². The highest BCUT2D eigenvalue weighted by atomic mass is 19.1. The minimum Gasteiger partial charge on any atom is -0.365 e. The number of benzene rings is 1. The maximum atomic E-state index is 15.2. The lowest BCUT2D eigenvalue weighted by molar-refractivity contribution is 0.578. The summed E-state index contributed by atoms with van der Waals surface area (Å²) in [6.07, 6.45) is 2.41. The van der Waals surface area contributed by atoms with E-state index in [1.807, 2.05) is 0 Å². The Morgan fingerprint density at radius 1 is 1.20 bits per heavy atom. The van der Waals surface area contributed by atoms with Gasteiger partial charge >= 0.3 is 0 Å². The first-order chi connectivity index (χ1) is 12.1. The second-order valence-corrected chi connectivity index (χ2v) is 6.33. The number of aryl methyl sites for hydroxylation is 1. The maximum absolute atomic E-state index is 15.2. The van der Waals surface area contributed by atoms with Crippen LogP contribution in [0.15, 0.2) is 29.2 Å². The van der Waals surface area contributed by atoms with Gasteiger partial charge in [0.25, 0.3) is 0 Å². The molecule has 0 saturated carbocycles. The van der Waals surface area contributed by atoms with Crippen LogP contribution in [-0.4, -0.2) is 35.7 Å². The fraction of sp³-hybridized carbons (Fsp3) is 0.333. The van der Waals surface area contributed by atoms with Crippen molar-refractivity contribution < 1.29 is 8.78 Å². The molecule has 0 radical (unpaired) electrons. The summed E-state index contributed by atoms with van der Waals surface area (Å²) in [4.78, 5) is 18.1. The van der Waals surface area contributed by atoms with Gasteiger partial charge in [0.1, 0.15) is 22.7 Å². The molecule has 4 rings (SSSR count). The van der Waals surface area contributed by atoms with Crippen LogP contribution in [0.1, 0.15) is 6.42 Å². The van der Waals surface area contributed by atoms with E-state index in [2.05, 4.69) is 10.3 Å². The van der Waals surface area contributed by atoms with Gasteiger partial charge in [-0.3, -0.25) is 4.79 Å². The molecular formula is C18H18F2N4O. The number of pyridine rings is 2. The van der Waals surface area contributed by atoms with Crippen LogP contribution >= 0.6 is 0 Å². The van der Waals surface area contributed by atoms with Crippen LogP contribution in [0.3, 0.4) is 0 Å². The van der Waals surface area contributed by atoms with Crippen molar-refractivity contribution in [3.05, 3.63) is 46.3 Å². The van der Waals surface area contributed by atoms with E-state index in [0.29, 0.717) is 36.1 Å². The summed E-state index contributed by atoms with van der Waals surface area (Å²) in [6.45, 7) is 2.62. The quantitative estimate of drug-likeness (QED) is 0.688. The molecule has 0 atom stereocenters. The fourth-order valence-corrected chi connectivity index (χ4v) is 3.38. The molecule has 5 nitrogen and oxygen atoms in total. The first kappa shape index (κ1) is 16.0. The minimum atomic E-state index is -0.671. The molecule has 0 bridgehead atoms. The zero-order valence-electron chi connectivity index (χ0n) is 13.9. The average molecular weight is 344 g/mol. The Labute approximate surface area is 142 Å². The van der Waals surface area contributed by atoms with E-state index in [0.717, 1.165) is 13.0 Å². The van der Waals surface area contributed by atoms with Crippen LogP contribution in [0.2, 0.25) is 0 Å². The monoisotopic (exact) mass is 344 g/mol. The predicted octanol–water partition coefficient (Wildman–Crippen LogP) is 2.16. The maximum Gasteiger partial charge on any atom is 0.191 e. The highest BCUT2D eigenvalue weighted by Gasteiger charge is 2.22. The molecule has 0 aliphatic carbocycles. The van der Waals surface area contributed by atoms with Gasteiger partial charge in [0.05, 0.1) is 5.39 Å². The molecule has 1 aromatic carbocycles. The van der Waals surface area contributed by atoms with E-state index in [4.69, 9.17) is 0 Å². The summed E-state index contributed by atoms with van der Waals surface area (Å²) in [5, 5.41) is 3.86. The van der Waals surface area contributed by atoms with Crippen LogP contribution in [0.25, 0.3) is 21.9 Å². The fourth-order valence-electron chi connectivity index (χ4n) is 3.38. The van der Waals surface area contributed by atoms with Gasteiger partial charge in [-0.25, -0.2) is 13.8 Å². The van der Waals surface area contributed by atoms with Gasteiger partial charge in [-0.2, -0.15) is 0 Å². The third-order valence-electron chi connectivity index (χ3n) is 4.66. The lowest BCUT2D eigenvalue weighted by Gasteiger charge is -2.24. The zero-order chi connectivity index (χ0) is 17.6. The molecule has 130 valence electrons. The summed E-state index contributed by atoms with van der Waals surface area (Å²) in [6, 6.07) is 4.20. The third kappa shape index (κ3) is 2.64. The number of anilines is 1. The summed E-state index contributed by atoms with van der Waals surface area (Å²) < 4.78 is 31.5. The molecule has 25 heavy (non-hydrogen) atoms. The number of hydrogen-bond donors (Lipinski definition) is 1. The lowest BCUT2D eigenvalue weighted by Crippen LogP contribution is -2.29. The van der Waals surface area contributed by atoms with Gasteiger partial charge in [0.2, 0.25) is 0 Å². The Kier molecular flexibility index (Phi) is 3.88. The van der Waals surface area contributed by atoms with Crippen molar-refractivity contribution in [2.45, 2.75) is 6.42 Å². The first-order valence-corrected chi connectivity index (χ1v) is 8.30. The van der Waals surface area contributed by atoms with Crippen LogP contribution in [-0.2, 0) is 7.05 Å². The number of rotatable bonds is 1. The van der Waals surface area contributed by atoms with Crippen LogP contribution in [0, 0.1) is 11.6 Å². The molecule has 1 N–H and O–H groups in total. The van der Waals surface area contributed by atoms with E-state index in [9.17, 15) is 9.18 Å². The zero-order valence-corrected chi connectivity index (χ0v) is 13.9. The summed E-state index contributed by atoms with van der Waals surface area (Å²) in [5.41, 5.74) is 0.214. The van der Waals surface area contributed by atoms with E-state index >= 15 is 4.39 Å². The van der Waals surface area contributed by atoms with Gasteiger partial charge in [-0.15, -0.1) is 0 Å². The molecular weight excluding hydrogens is 326 g/mol. The van der Waals surface area contributed by atoms with Gasteiger partial charge in [-0.1, -0.05) is 0 Å². The van der Waals surface area contributed by atoms with Crippen molar-refractivity contribution in [1.82, 2.24) is 14.9 Å². The van der Waals surface area contributed by atoms with Crippen LogP contribution in [0.4, 0.5) is 14.5 Å². The normalized spacial score (nSPS) is 15.7. The Balaban J connectivity index is 1.98. The van der Waals surface area contributed by atoms with E-state index in [1.54, 1.807) is 22.7 Å². The Hall–Kier alpha value is -2.54. The second-order valence-electron chi connectivity index (χ2n) is 6.33. The van der Waals surface area contributed by atoms with Crippen molar-refractivity contribution in [3.8, 4) is 0 Å². The van der Waals surface area contributed by atoms with E-state index in [-0.39, 0.29) is 16.6 Å². The standard InChI is InChI=1S/C18H18F2N4O/c1-23-7-3-14(25)12-9-11-10-13(19)17(15(20)16(11)22-18(12)23)24-6-2-4-21-5-8-24/h3,7,9-10,21H,2,4-6,8H2,1H3. The molecule has 1 aliphatic rings. The van der Waals surface area contributed by atoms with Crippen molar-refractivity contribution in [2.75, 3.05) is 31.1 Å². The number of aromatic nitrogens is 2. The highest BCUT2D eigenvalue weighted by molar-refractivity contribution is 5.93. The molecule has 3 heterocycles. The average Bonchev–Trinajstić information content (AvgIpc) is 2.87. The largest absolute Gasteiger partial charge is 0.365 e. The van der Waals surface area contributed by atoms with Crippen molar-refractivity contribution >= 4 is 27.6 Å². The highest BCUT2D eigenvalue weighted by Crippen LogP contribution is 2.31. The van der Waals surface area contributed by atoms with Gasteiger partial charge in [0.15, 0.2) is 11.2 Å². The second kappa shape index (κ2) is 6.07. The molecule has 0 amide bonds. The molecule has 1 fully saturated rings. The van der Waals surface area contributed by atoms with E-state index < -0.39 is 11.6 Å². The number of fused-ring (bicyclic) bond motifs is 2. The van der Waals surface area contributed by atoms with Crippen molar-refractivity contribution in [1.29, 1.82) is 0 Å². The Bertz CT molecular complexity index is 1020. The van der Waals surface area contributed by atoms with Crippen molar-refractivity contribution in [3.63, 3.8) is 0 Å². The summed E-state index contributed by atoms with van der Waals surface area (Å²) in [5.74, 6) is -1.30. The SMILES string of the molecule is Cn1ccc(=O)c2cc3cc(F)c(N4CCCNCC4)c(F)c3nc21. The number of hydrogen-bond acceptors (Lipinski definition) is 4. The summed E-state index contributed by atoms with van der Waals surface area (Å²) in [7, 11) is 1.74. The summed E-state index contributed by atoms with van der Waals surface area (Å²) >= 11 is 0. The topological polar surface area (TPSA) is 50.2 Å². The molecule has 0 spiro atoms. The van der Waals surface area contributed by atoms with E-state index in [1.165, 1.54) is 18.2 Å². The Morgan fingerprint density at radius 3 is 2.88 bits per heavy atom. The third-order valence-corrected chi connectivity index (χ3v) is 4.66. The smallest absolute Gasteiger partial charge is 0.191 e. The molecule has 7 heteroatoms. The molecule has 1 aliphatic heterocycles. The van der Waals surface area contributed by atoms with Gasteiger partial charge in [-0.05, 0) is 25.1 Å². The minimum absolute atomic E-state index is 0.0380. The lowest BCUT2D eigenvalue weighted by atomic mass is 10.1. The Morgan fingerprint density at radius 2 is 2.04 bits per heavy atom. The first-order valence-electron chi connectivity index (χ1n) is 8.30. The molecule has 2 aromatic heterocycles. The van der Waals surface area contributed by atoms with Crippen LogP contribution in [0.5, 0.6) is 0 Å². The van der Waals surface area contributed by atoms with Crippen molar-refractivity contribution in [2.24, 2.45) is 7.05 Å². The van der Waals surface area contributed by atoms with Gasteiger partial charge < -0.3 is 14.8 Å². The number of nitrogens with zero attached hydrogens (tertiary/aromatic N) is 3. The molecule has 3 aromatic rings. The predicted molar refractivity (Wildman–Crippen MR) is 94.1 cm³/mol. The number of nitrogens with one attached hydrogen (secondary N) is 1.